The van der Waals surface area contributed by atoms with Crippen LogP contribution in [0.5, 0.6) is 5.75 Å². The number of carbonyl (C=O) groups excluding carboxylic acids is 4. The number of benzene rings is 2. The second-order valence-corrected chi connectivity index (χ2v) is 7.50. The van der Waals surface area contributed by atoms with Crippen LogP contribution in [0.1, 0.15) is 30.6 Å². The van der Waals surface area contributed by atoms with Crippen molar-refractivity contribution in [3.63, 3.8) is 0 Å². The summed E-state index contributed by atoms with van der Waals surface area (Å²) in [7, 11) is 2.78. The summed E-state index contributed by atoms with van der Waals surface area (Å²) in [4.78, 5) is 52.9. The van der Waals surface area contributed by atoms with Crippen molar-refractivity contribution in [3.8, 4) is 5.75 Å². The van der Waals surface area contributed by atoms with Crippen LogP contribution in [0, 0.1) is 0 Å². The average molecular weight is 439 g/mol. The number of hydrogen-bond acceptors (Lipinski definition) is 6. The van der Waals surface area contributed by atoms with Crippen LogP contribution in [0.3, 0.4) is 0 Å². The number of esters is 1. The second kappa shape index (κ2) is 9.51. The van der Waals surface area contributed by atoms with Gasteiger partial charge >= 0.3 is 12.0 Å². The fourth-order valence-corrected chi connectivity index (χ4v) is 3.56. The van der Waals surface area contributed by atoms with E-state index >= 15 is 0 Å². The minimum absolute atomic E-state index is 0.206. The van der Waals surface area contributed by atoms with Crippen molar-refractivity contribution in [1.29, 1.82) is 0 Å². The third-order valence-electron chi connectivity index (χ3n) is 5.09. The van der Waals surface area contributed by atoms with Crippen molar-refractivity contribution in [2.75, 3.05) is 24.4 Å². The molecule has 168 valence electrons. The Hall–Kier alpha value is -3.88. The van der Waals surface area contributed by atoms with Gasteiger partial charge in [-0.25, -0.2) is 14.5 Å². The van der Waals surface area contributed by atoms with Crippen LogP contribution < -0.4 is 15.0 Å². The summed E-state index contributed by atoms with van der Waals surface area (Å²) in [5.74, 6) is -0.882. The Morgan fingerprint density at radius 1 is 1.06 bits per heavy atom. The molecule has 0 saturated carbocycles. The SMILES string of the molecule is COC(=O)c1ccc(NC(=O)CC2C(=O)N(c3cccc(OC)c3)C(=O)N2C(C)C)cc1. The number of nitrogens with zero attached hydrogens (tertiary/aromatic N) is 2. The number of hydrogen-bond donors (Lipinski definition) is 1. The Bertz CT molecular complexity index is 1030. The van der Waals surface area contributed by atoms with Gasteiger partial charge in [-0.3, -0.25) is 9.59 Å². The number of ether oxygens (including phenoxy) is 2. The first-order valence-corrected chi connectivity index (χ1v) is 10.0. The Kier molecular flexibility index (Phi) is 6.77. The molecule has 1 aliphatic heterocycles. The lowest BCUT2D eigenvalue weighted by atomic mass is 10.1. The molecule has 0 radical (unpaired) electrons. The van der Waals surface area contributed by atoms with Gasteiger partial charge in [-0.2, -0.15) is 0 Å². The Labute approximate surface area is 185 Å². The minimum atomic E-state index is -0.942. The molecule has 9 heteroatoms. The first kappa shape index (κ1) is 22.8. The smallest absolute Gasteiger partial charge is 0.337 e. The predicted molar refractivity (Wildman–Crippen MR) is 118 cm³/mol. The molecule has 0 aromatic heterocycles. The first-order valence-electron chi connectivity index (χ1n) is 10.0. The second-order valence-electron chi connectivity index (χ2n) is 7.50. The number of carbonyl (C=O) groups is 4. The third-order valence-corrected chi connectivity index (χ3v) is 5.09. The molecule has 1 heterocycles. The molecule has 2 aromatic carbocycles. The first-order chi connectivity index (χ1) is 15.3. The highest BCUT2D eigenvalue weighted by Crippen LogP contribution is 2.30. The zero-order valence-electron chi connectivity index (χ0n) is 18.3. The molecule has 1 N–H and O–H groups in total. The van der Waals surface area contributed by atoms with Crippen LogP contribution in [0.25, 0.3) is 0 Å². The van der Waals surface area contributed by atoms with Gasteiger partial charge in [-0.05, 0) is 50.2 Å². The molecule has 1 atom stereocenters. The molecular formula is C23H25N3O6. The van der Waals surface area contributed by atoms with Gasteiger partial charge in [0, 0.05) is 17.8 Å². The van der Waals surface area contributed by atoms with Crippen LogP contribution >= 0.6 is 0 Å². The van der Waals surface area contributed by atoms with Gasteiger partial charge in [0.25, 0.3) is 5.91 Å². The normalized spacial score (nSPS) is 15.8. The van der Waals surface area contributed by atoms with Gasteiger partial charge in [0.2, 0.25) is 5.91 Å². The summed E-state index contributed by atoms with van der Waals surface area (Å²) < 4.78 is 9.84. The summed E-state index contributed by atoms with van der Waals surface area (Å²) in [5.41, 5.74) is 1.19. The summed E-state index contributed by atoms with van der Waals surface area (Å²) in [6, 6.07) is 11.1. The number of rotatable bonds is 7. The van der Waals surface area contributed by atoms with Crippen molar-refractivity contribution >= 4 is 35.2 Å². The molecule has 1 unspecified atom stereocenters. The Morgan fingerprint density at radius 3 is 2.34 bits per heavy atom. The summed E-state index contributed by atoms with van der Waals surface area (Å²) in [5, 5.41) is 2.70. The molecule has 0 spiro atoms. The van der Waals surface area contributed by atoms with Gasteiger partial charge in [-0.15, -0.1) is 0 Å². The van der Waals surface area contributed by atoms with E-state index in [0.717, 1.165) is 4.90 Å². The minimum Gasteiger partial charge on any atom is -0.497 e. The van der Waals surface area contributed by atoms with E-state index in [1.165, 1.54) is 31.3 Å². The maximum absolute atomic E-state index is 13.2. The van der Waals surface area contributed by atoms with Crippen LogP contribution in [0.2, 0.25) is 0 Å². The number of imide groups is 1. The summed E-state index contributed by atoms with van der Waals surface area (Å²) >= 11 is 0. The topological polar surface area (TPSA) is 105 Å². The molecule has 1 aliphatic rings. The lowest BCUT2D eigenvalue weighted by molar-refractivity contribution is -0.124. The van der Waals surface area contributed by atoms with E-state index in [2.05, 4.69) is 10.1 Å². The molecule has 0 bridgehead atoms. The van der Waals surface area contributed by atoms with Crippen molar-refractivity contribution in [3.05, 3.63) is 54.1 Å². The van der Waals surface area contributed by atoms with E-state index in [1.807, 2.05) is 0 Å². The fraction of sp³-hybridized carbons (Fsp3) is 0.304. The van der Waals surface area contributed by atoms with Crippen LogP contribution in [0.4, 0.5) is 16.2 Å². The lowest BCUT2D eigenvalue weighted by Crippen LogP contribution is -2.42. The lowest BCUT2D eigenvalue weighted by Gasteiger charge is -2.25. The standard InChI is InChI=1S/C23H25N3O6/c1-14(2)25-19(13-20(27)24-16-10-8-15(9-11-16)22(29)32-4)21(28)26(23(25)30)17-6-5-7-18(12-17)31-3/h5-12,14,19H,13H2,1-4H3,(H,24,27). The number of urea groups is 1. The van der Waals surface area contributed by atoms with E-state index in [0.29, 0.717) is 22.7 Å². The summed E-state index contributed by atoms with van der Waals surface area (Å²) in [6.45, 7) is 3.58. The molecule has 4 amide bonds. The zero-order valence-corrected chi connectivity index (χ0v) is 18.3. The molecule has 3 rings (SSSR count). The van der Waals surface area contributed by atoms with E-state index < -0.39 is 29.9 Å². The number of amides is 4. The van der Waals surface area contributed by atoms with Gasteiger partial charge < -0.3 is 19.7 Å². The van der Waals surface area contributed by atoms with Gasteiger partial charge in [0.05, 0.1) is 31.9 Å². The predicted octanol–water partition coefficient (Wildman–Crippen LogP) is 3.06. The molecule has 9 nitrogen and oxygen atoms in total. The highest BCUT2D eigenvalue weighted by Gasteiger charge is 2.47. The van der Waals surface area contributed by atoms with E-state index in [4.69, 9.17) is 4.74 Å². The van der Waals surface area contributed by atoms with Gasteiger partial charge in [0.15, 0.2) is 0 Å². The highest BCUT2D eigenvalue weighted by atomic mass is 16.5. The van der Waals surface area contributed by atoms with Crippen LogP contribution in [-0.4, -0.2) is 55.0 Å². The monoisotopic (exact) mass is 439 g/mol. The Balaban J connectivity index is 1.78. The summed E-state index contributed by atoms with van der Waals surface area (Å²) in [6.07, 6.45) is -0.206. The number of methoxy groups -OCH3 is 2. The fourth-order valence-electron chi connectivity index (χ4n) is 3.56. The zero-order chi connectivity index (χ0) is 23.4. The van der Waals surface area contributed by atoms with Crippen molar-refractivity contribution in [2.45, 2.75) is 32.4 Å². The largest absolute Gasteiger partial charge is 0.497 e. The van der Waals surface area contributed by atoms with Crippen LogP contribution in [0.15, 0.2) is 48.5 Å². The van der Waals surface area contributed by atoms with Crippen molar-refractivity contribution in [1.82, 2.24) is 4.90 Å². The van der Waals surface area contributed by atoms with Gasteiger partial charge in [0.1, 0.15) is 11.8 Å². The van der Waals surface area contributed by atoms with E-state index in [-0.39, 0.29) is 12.5 Å². The molecule has 32 heavy (non-hydrogen) atoms. The number of anilines is 2. The van der Waals surface area contributed by atoms with E-state index in [9.17, 15) is 19.2 Å². The van der Waals surface area contributed by atoms with E-state index in [1.54, 1.807) is 50.2 Å². The number of nitrogens with one attached hydrogen (secondary N) is 1. The van der Waals surface area contributed by atoms with Gasteiger partial charge in [-0.1, -0.05) is 6.07 Å². The third kappa shape index (κ3) is 4.56. The highest BCUT2D eigenvalue weighted by molar-refractivity contribution is 6.22. The Morgan fingerprint density at radius 2 is 1.75 bits per heavy atom. The maximum atomic E-state index is 13.2. The molecule has 2 aromatic rings. The van der Waals surface area contributed by atoms with Crippen LogP contribution in [-0.2, 0) is 14.3 Å². The van der Waals surface area contributed by atoms with Crippen molar-refractivity contribution < 1.29 is 28.7 Å². The molecule has 1 saturated heterocycles. The molecule has 1 fully saturated rings. The van der Waals surface area contributed by atoms with Crippen molar-refractivity contribution in [2.24, 2.45) is 0 Å². The average Bonchev–Trinajstić information content (AvgIpc) is 3.02. The molecule has 0 aliphatic carbocycles. The quantitative estimate of drug-likeness (QED) is 0.525. The molecular weight excluding hydrogens is 414 g/mol. The maximum Gasteiger partial charge on any atom is 0.337 e.